The van der Waals surface area contributed by atoms with Gasteiger partial charge in [-0.25, -0.2) is 8.78 Å². The zero-order valence-corrected chi connectivity index (χ0v) is 6.85. The van der Waals surface area contributed by atoms with Crippen molar-refractivity contribution in [2.45, 2.75) is 13.0 Å². The smallest absolute Gasteiger partial charge is 0.123 e. The highest BCUT2D eigenvalue weighted by molar-refractivity contribution is 5.29. The summed E-state index contributed by atoms with van der Waals surface area (Å²) in [6.45, 7) is 1.12. The zero-order valence-electron chi connectivity index (χ0n) is 6.85. The molecule has 0 bridgehead atoms. The Labute approximate surface area is 70.2 Å². The third-order valence-corrected chi connectivity index (χ3v) is 1.81. The van der Waals surface area contributed by atoms with Crippen molar-refractivity contribution in [2.24, 2.45) is 5.73 Å². The maximum atomic E-state index is 12.7. The number of aryl methyl sites for hydroxylation is 1. The van der Waals surface area contributed by atoms with Crippen molar-refractivity contribution in [3.63, 3.8) is 0 Å². The van der Waals surface area contributed by atoms with Crippen LogP contribution >= 0.6 is 0 Å². The van der Waals surface area contributed by atoms with Crippen LogP contribution in [0, 0.1) is 12.7 Å². The molecule has 0 aliphatic heterocycles. The fourth-order valence-electron chi connectivity index (χ4n) is 1.09. The molecule has 0 heterocycles. The second-order valence-electron chi connectivity index (χ2n) is 2.76. The highest BCUT2D eigenvalue weighted by Crippen LogP contribution is 2.17. The number of halogens is 2. The van der Waals surface area contributed by atoms with Crippen molar-refractivity contribution in [3.05, 3.63) is 35.1 Å². The minimum atomic E-state index is -0.708. The second kappa shape index (κ2) is 3.63. The number of hydrogen-bond acceptors (Lipinski definition) is 1. The Morgan fingerprint density at radius 2 is 2.17 bits per heavy atom. The summed E-state index contributed by atoms with van der Waals surface area (Å²) in [5.41, 5.74) is 6.78. The Morgan fingerprint density at radius 3 is 2.75 bits per heavy atom. The quantitative estimate of drug-likeness (QED) is 0.724. The summed E-state index contributed by atoms with van der Waals surface area (Å²) in [6, 6.07) is 3.50. The Hall–Kier alpha value is -0.960. The van der Waals surface area contributed by atoms with Gasteiger partial charge >= 0.3 is 0 Å². The van der Waals surface area contributed by atoms with Crippen LogP contribution in [0.1, 0.15) is 17.2 Å². The van der Waals surface area contributed by atoms with E-state index in [2.05, 4.69) is 0 Å². The van der Waals surface area contributed by atoms with E-state index in [1.807, 2.05) is 0 Å². The normalized spacial score (nSPS) is 13.0. The van der Waals surface area contributed by atoms with E-state index in [4.69, 9.17) is 5.73 Å². The molecule has 0 aliphatic carbocycles. The van der Waals surface area contributed by atoms with Crippen LogP contribution in [0.15, 0.2) is 18.2 Å². The summed E-state index contributed by atoms with van der Waals surface area (Å²) in [7, 11) is 0. The molecule has 0 fully saturated rings. The number of benzene rings is 1. The largest absolute Gasteiger partial charge is 0.322 e. The first kappa shape index (κ1) is 9.13. The van der Waals surface area contributed by atoms with Gasteiger partial charge in [0, 0.05) is 0 Å². The Bertz CT molecular complexity index is 273. The molecule has 0 aromatic heterocycles. The zero-order chi connectivity index (χ0) is 9.14. The second-order valence-corrected chi connectivity index (χ2v) is 2.76. The third kappa shape index (κ3) is 1.80. The summed E-state index contributed by atoms with van der Waals surface area (Å²) in [5.74, 6) is -0.375. The molecule has 0 saturated heterocycles. The van der Waals surface area contributed by atoms with E-state index in [0.29, 0.717) is 5.56 Å². The van der Waals surface area contributed by atoms with Gasteiger partial charge in [0.2, 0.25) is 0 Å². The molecule has 1 rings (SSSR count). The molecule has 1 aromatic rings. The lowest BCUT2D eigenvalue weighted by Crippen LogP contribution is -2.13. The first-order valence-corrected chi connectivity index (χ1v) is 3.72. The van der Waals surface area contributed by atoms with Crippen molar-refractivity contribution in [3.8, 4) is 0 Å². The molecule has 0 radical (unpaired) electrons. The SMILES string of the molecule is Cc1ccc(F)cc1[C@@H](N)CF. The van der Waals surface area contributed by atoms with Gasteiger partial charge in [-0.3, -0.25) is 0 Å². The molecular formula is C9H11F2N. The Kier molecular flexibility index (Phi) is 2.76. The van der Waals surface area contributed by atoms with E-state index in [0.717, 1.165) is 5.56 Å². The number of nitrogens with two attached hydrogens (primary N) is 1. The summed E-state index contributed by atoms with van der Waals surface area (Å²) < 4.78 is 24.8. The van der Waals surface area contributed by atoms with Crippen molar-refractivity contribution < 1.29 is 8.78 Å². The topological polar surface area (TPSA) is 26.0 Å². The number of rotatable bonds is 2. The monoisotopic (exact) mass is 171 g/mol. The average Bonchev–Trinajstić information content (AvgIpc) is 2.08. The maximum Gasteiger partial charge on any atom is 0.123 e. The molecule has 66 valence electrons. The van der Waals surface area contributed by atoms with Gasteiger partial charge in [0.05, 0.1) is 6.04 Å². The van der Waals surface area contributed by atoms with Crippen molar-refractivity contribution in [1.29, 1.82) is 0 Å². The third-order valence-electron chi connectivity index (χ3n) is 1.81. The maximum absolute atomic E-state index is 12.7. The molecule has 0 saturated carbocycles. The Morgan fingerprint density at radius 1 is 1.50 bits per heavy atom. The highest BCUT2D eigenvalue weighted by Gasteiger charge is 2.08. The molecule has 1 atom stereocenters. The molecule has 2 N–H and O–H groups in total. The minimum absolute atomic E-state index is 0.375. The molecule has 0 spiro atoms. The summed E-state index contributed by atoms with van der Waals surface area (Å²) >= 11 is 0. The highest BCUT2D eigenvalue weighted by atomic mass is 19.1. The van der Waals surface area contributed by atoms with Gasteiger partial charge in [-0.2, -0.15) is 0 Å². The molecule has 3 heteroatoms. The molecule has 0 unspecified atom stereocenters. The van der Waals surface area contributed by atoms with Crippen LogP contribution in [-0.4, -0.2) is 6.67 Å². The lowest BCUT2D eigenvalue weighted by Gasteiger charge is -2.10. The van der Waals surface area contributed by atoms with Crippen LogP contribution < -0.4 is 5.73 Å². The van der Waals surface area contributed by atoms with Gasteiger partial charge in [-0.05, 0) is 30.2 Å². The molecule has 1 aromatic carbocycles. The van der Waals surface area contributed by atoms with Crippen LogP contribution in [0.3, 0.4) is 0 Å². The van der Waals surface area contributed by atoms with Gasteiger partial charge in [0.15, 0.2) is 0 Å². The van der Waals surface area contributed by atoms with Crippen molar-refractivity contribution in [1.82, 2.24) is 0 Å². The lowest BCUT2D eigenvalue weighted by molar-refractivity contribution is 0.435. The van der Waals surface area contributed by atoms with Gasteiger partial charge in [0.25, 0.3) is 0 Å². The van der Waals surface area contributed by atoms with E-state index in [1.165, 1.54) is 12.1 Å². The number of hydrogen-bond donors (Lipinski definition) is 1. The van der Waals surface area contributed by atoms with Crippen LogP contribution in [0.2, 0.25) is 0 Å². The van der Waals surface area contributed by atoms with Gasteiger partial charge in [-0.15, -0.1) is 0 Å². The van der Waals surface area contributed by atoms with E-state index < -0.39 is 12.7 Å². The lowest BCUT2D eigenvalue weighted by atomic mass is 10.0. The van der Waals surface area contributed by atoms with Crippen LogP contribution in [0.5, 0.6) is 0 Å². The van der Waals surface area contributed by atoms with Gasteiger partial charge in [-0.1, -0.05) is 6.07 Å². The van der Waals surface area contributed by atoms with E-state index in [-0.39, 0.29) is 5.82 Å². The molecule has 0 amide bonds. The van der Waals surface area contributed by atoms with E-state index in [1.54, 1.807) is 13.0 Å². The van der Waals surface area contributed by atoms with E-state index >= 15 is 0 Å². The Balaban J connectivity index is 3.04. The van der Waals surface area contributed by atoms with Crippen LogP contribution in [0.4, 0.5) is 8.78 Å². The van der Waals surface area contributed by atoms with Crippen molar-refractivity contribution >= 4 is 0 Å². The van der Waals surface area contributed by atoms with E-state index in [9.17, 15) is 8.78 Å². The molecule has 12 heavy (non-hydrogen) atoms. The predicted octanol–water partition coefficient (Wildman–Crippen LogP) is 2.10. The van der Waals surface area contributed by atoms with Crippen LogP contribution in [-0.2, 0) is 0 Å². The molecule has 0 aliphatic rings. The molecule has 1 nitrogen and oxygen atoms in total. The summed E-state index contributed by atoms with van der Waals surface area (Å²) in [6.07, 6.45) is 0. The molecular weight excluding hydrogens is 160 g/mol. The minimum Gasteiger partial charge on any atom is -0.322 e. The fourth-order valence-corrected chi connectivity index (χ4v) is 1.09. The summed E-state index contributed by atoms with van der Waals surface area (Å²) in [5, 5.41) is 0. The standard InChI is InChI=1S/C9H11F2N/c1-6-2-3-7(11)4-8(6)9(12)5-10/h2-4,9H,5,12H2,1H3/t9-/m0/s1. The summed E-state index contributed by atoms with van der Waals surface area (Å²) in [4.78, 5) is 0. The average molecular weight is 171 g/mol. The first-order chi connectivity index (χ1) is 5.65. The fraction of sp³-hybridized carbons (Fsp3) is 0.333. The van der Waals surface area contributed by atoms with Crippen LogP contribution in [0.25, 0.3) is 0 Å². The van der Waals surface area contributed by atoms with Gasteiger partial charge < -0.3 is 5.73 Å². The first-order valence-electron chi connectivity index (χ1n) is 3.72. The number of alkyl halides is 1. The predicted molar refractivity (Wildman–Crippen MR) is 44.0 cm³/mol. The van der Waals surface area contributed by atoms with Gasteiger partial charge in [0.1, 0.15) is 12.5 Å². The van der Waals surface area contributed by atoms with Crippen molar-refractivity contribution in [2.75, 3.05) is 6.67 Å².